The number of rotatable bonds is 3. The normalized spacial score (nSPS) is 10.3. The predicted molar refractivity (Wildman–Crippen MR) is 83.0 cm³/mol. The topological polar surface area (TPSA) is 46.9 Å². The number of aromatic nitrogens is 2. The molecule has 0 aliphatic heterocycles. The van der Waals surface area contributed by atoms with E-state index in [0.717, 1.165) is 16.8 Å². The molecule has 0 aliphatic carbocycles. The highest BCUT2D eigenvalue weighted by Gasteiger charge is 2.06. The molecular formula is C17H15N3O. The van der Waals surface area contributed by atoms with Gasteiger partial charge in [-0.25, -0.2) is 0 Å². The summed E-state index contributed by atoms with van der Waals surface area (Å²) in [6.45, 7) is 0. The molecule has 4 heteroatoms. The van der Waals surface area contributed by atoms with E-state index >= 15 is 0 Å². The van der Waals surface area contributed by atoms with Crippen molar-refractivity contribution in [3.63, 3.8) is 0 Å². The summed E-state index contributed by atoms with van der Waals surface area (Å²) in [5.74, 6) is -0.112. The van der Waals surface area contributed by atoms with Gasteiger partial charge in [-0.1, -0.05) is 30.3 Å². The van der Waals surface area contributed by atoms with Crippen LogP contribution in [0.5, 0.6) is 0 Å². The molecule has 0 saturated carbocycles. The van der Waals surface area contributed by atoms with Gasteiger partial charge in [-0.05, 0) is 29.8 Å². The van der Waals surface area contributed by atoms with Crippen LogP contribution in [0.15, 0.2) is 67.0 Å². The Morgan fingerprint density at radius 1 is 1.05 bits per heavy atom. The second-order valence-electron chi connectivity index (χ2n) is 4.80. The van der Waals surface area contributed by atoms with E-state index in [1.807, 2.05) is 55.7 Å². The number of hydrogen-bond donors (Lipinski definition) is 1. The van der Waals surface area contributed by atoms with Crippen LogP contribution in [0.2, 0.25) is 0 Å². The average molecular weight is 277 g/mol. The molecular weight excluding hydrogens is 262 g/mol. The average Bonchev–Trinajstić information content (AvgIpc) is 2.95. The smallest absolute Gasteiger partial charge is 0.255 e. The summed E-state index contributed by atoms with van der Waals surface area (Å²) < 4.78 is 1.75. The Hall–Kier alpha value is -2.88. The molecule has 4 nitrogen and oxygen atoms in total. The molecule has 0 spiro atoms. The molecule has 0 saturated heterocycles. The van der Waals surface area contributed by atoms with Crippen molar-refractivity contribution in [3.05, 3.63) is 72.6 Å². The monoisotopic (exact) mass is 277 g/mol. The summed E-state index contributed by atoms with van der Waals surface area (Å²) in [6.07, 6.45) is 3.75. The van der Waals surface area contributed by atoms with Crippen molar-refractivity contribution in [2.45, 2.75) is 0 Å². The quantitative estimate of drug-likeness (QED) is 0.798. The lowest BCUT2D eigenvalue weighted by atomic mass is 10.1. The van der Waals surface area contributed by atoms with Crippen molar-refractivity contribution in [2.24, 2.45) is 7.05 Å². The zero-order valence-electron chi connectivity index (χ0n) is 11.7. The lowest BCUT2D eigenvalue weighted by Crippen LogP contribution is -2.11. The fourth-order valence-electron chi connectivity index (χ4n) is 2.14. The fourth-order valence-corrected chi connectivity index (χ4v) is 2.14. The number of carbonyl (C=O) groups excluding carboxylic acids is 1. The van der Waals surface area contributed by atoms with Crippen molar-refractivity contribution in [3.8, 4) is 11.1 Å². The maximum absolute atomic E-state index is 12.1. The zero-order chi connectivity index (χ0) is 14.7. The number of amides is 1. The Balaban J connectivity index is 1.82. The number of nitrogens with zero attached hydrogens (tertiary/aromatic N) is 2. The SMILES string of the molecule is Cn1cc(-c2cccc(NC(=O)c3ccccc3)c2)cn1. The van der Waals surface area contributed by atoms with Gasteiger partial charge in [-0.3, -0.25) is 9.48 Å². The number of nitrogens with one attached hydrogen (secondary N) is 1. The number of carbonyl (C=O) groups is 1. The Morgan fingerprint density at radius 2 is 1.86 bits per heavy atom. The molecule has 0 bridgehead atoms. The molecule has 0 unspecified atom stereocenters. The van der Waals surface area contributed by atoms with Gasteiger partial charge in [0.15, 0.2) is 0 Å². The van der Waals surface area contributed by atoms with Gasteiger partial charge in [-0.15, -0.1) is 0 Å². The second-order valence-corrected chi connectivity index (χ2v) is 4.80. The molecule has 3 rings (SSSR count). The molecule has 0 radical (unpaired) electrons. The van der Waals surface area contributed by atoms with Gasteiger partial charge < -0.3 is 5.32 Å². The Kier molecular flexibility index (Phi) is 3.51. The molecule has 2 aromatic carbocycles. The van der Waals surface area contributed by atoms with Gasteiger partial charge in [0.25, 0.3) is 5.91 Å². The van der Waals surface area contributed by atoms with Crippen LogP contribution in [0.4, 0.5) is 5.69 Å². The van der Waals surface area contributed by atoms with E-state index in [2.05, 4.69) is 10.4 Å². The zero-order valence-corrected chi connectivity index (χ0v) is 11.7. The van der Waals surface area contributed by atoms with Gasteiger partial charge in [-0.2, -0.15) is 5.10 Å². The molecule has 0 aliphatic rings. The van der Waals surface area contributed by atoms with Crippen LogP contribution in [0.3, 0.4) is 0 Å². The van der Waals surface area contributed by atoms with Crippen molar-refractivity contribution in [1.82, 2.24) is 9.78 Å². The molecule has 1 heterocycles. The first kappa shape index (κ1) is 13.1. The first-order chi connectivity index (χ1) is 10.2. The van der Waals surface area contributed by atoms with Gasteiger partial charge >= 0.3 is 0 Å². The van der Waals surface area contributed by atoms with Crippen LogP contribution in [0, 0.1) is 0 Å². The van der Waals surface area contributed by atoms with Crippen LogP contribution < -0.4 is 5.32 Å². The first-order valence-corrected chi connectivity index (χ1v) is 6.68. The summed E-state index contributed by atoms with van der Waals surface area (Å²) in [6, 6.07) is 16.9. The number of anilines is 1. The van der Waals surface area contributed by atoms with Crippen LogP contribution in [-0.4, -0.2) is 15.7 Å². The third-order valence-corrected chi connectivity index (χ3v) is 3.19. The molecule has 1 N–H and O–H groups in total. The molecule has 0 fully saturated rings. The van der Waals surface area contributed by atoms with Crippen LogP contribution in [-0.2, 0) is 7.05 Å². The lowest BCUT2D eigenvalue weighted by molar-refractivity contribution is 0.102. The third kappa shape index (κ3) is 3.00. The van der Waals surface area contributed by atoms with E-state index in [0.29, 0.717) is 5.56 Å². The predicted octanol–water partition coefficient (Wildman–Crippen LogP) is 3.34. The molecule has 104 valence electrons. The second kappa shape index (κ2) is 5.63. The standard InChI is InChI=1S/C17H15N3O/c1-20-12-15(11-18-20)14-8-5-9-16(10-14)19-17(21)13-6-3-2-4-7-13/h2-12H,1H3,(H,19,21). The van der Waals surface area contributed by atoms with Crippen LogP contribution >= 0.6 is 0 Å². The number of hydrogen-bond acceptors (Lipinski definition) is 2. The summed E-state index contributed by atoms with van der Waals surface area (Å²) in [4.78, 5) is 12.1. The Labute approximate surface area is 123 Å². The van der Waals surface area contributed by atoms with E-state index in [9.17, 15) is 4.79 Å². The number of benzene rings is 2. The summed E-state index contributed by atoms with van der Waals surface area (Å²) in [5.41, 5.74) is 3.46. The van der Waals surface area contributed by atoms with Crippen LogP contribution in [0.1, 0.15) is 10.4 Å². The minimum absolute atomic E-state index is 0.112. The third-order valence-electron chi connectivity index (χ3n) is 3.19. The van der Waals surface area contributed by atoms with Gasteiger partial charge in [0.05, 0.1) is 6.20 Å². The lowest BCUT2D eigenvalue weighted by Gasteiger charge is -2.06. The minimum atomic E-state index is -0.112. The summed E-state index contributed by atoms with van der Waals surface area (Å²) in [7, 11) is 1.88. The van der Waals surface area contributed by atoms with E-state index in [4.69, 9.17) is 0 Å². The fraction of sp³-hybridized carbons (Fsp3) is 0.0588. The van der Waals surface area contributed by atoms with Crippen molar-refractivity contribution in [2.75, 3.05) is 5.32 Å². The van der Waals surface area contributed by atoms with E-state index in [-0.39, 0.29) is 5.91 Å². The highest BCUT2D eigenvalue weighted by Crippen LogP contribution is 2.22. The molecule has 1 aromatic heterocycles. The maximum atomic E-state index is 12.1. The molecule has 1 amide bonds. The van der Waals surface area contributed by atoms with Gasteiger partial charge in [0.1, 0.15) is 0 Å². The van der Waals surface area contributed by atoms with E-state index < -0.39 is 0 Å². The van der Waals surface area contributed by atoms with E-state index in [1.165, 1.54) is 0 Å². The summed E-state index contributed by atoms with van der Waals surface area (Å²) in [5, 5.41) is 7.07. The largest absolute Gasteiger partial charge is 0.322 e. The Bertz CT molecular complexity index is 762. The van der Waals surface area contributed by atoms with Crippen LogP contribution in [0.25, 0.3) is 11.1 Å². The highest BCUT2D eigenvalue weighted by atomic mass is 16.1. The van der Waals surface area contributed by atoms with Crippen molar-refractivity contribution in [1.29, 1.82) is 0 Å². The van der Waals surface area contributed by atoms with Gasteiger partial charge in [0, 0.05) is 30.1 Å². The highest BCUT2D eigenvalue weighted by molar-refractivity contribution is 6.04. The molecule has 3 aromatic rings. The Morgan fingerprint density at radius 3 is 2.57 bits per heavy atom. The number of aryl methyl sites for hydroxylation is 1. The van der Waals surface area contributed by atoms with Crippen molar-refractivity contribution >= 4 is 11.6 Å². The first-order valence-electron chi connectivity index (χ1n) is 6.68. The molecule has 0 atom stereocenters. The minimum Gasteiger partial charge on any atom is -0.322 e. The van der Waals surface area contributed by atoms with Gasteiger partial charge in [0.2, 0.25) is 0 Å². The maximum Gasteiger partial charge on any atom is 0.255 e. The molecule has 21 heavy (non-hydrogen) atoms. The van der Waals surface area contributed by atoms with Crippen molar-refractivity contribution < 1.29 is 4.79 Å². The van der Waals surface area contributed by atoms with E-state index in [1.54, 1.807) is 23.0 Å². The summed E-state index contributed by atoms with van der Waals surface area (Å²) >= 11 is 0.